The lowest BCUT2D eigenvalue weighted by atomic mass is 9.94. The number of carbonyl (C=O) groups is 2. The molecule has 1 atom stereocenters. The Labute approximate surface area is 149 Å². The van der Waals surface area contributed by atoms with Gasteiger partial charge in [-0.2, -0.15) is 5.10 Å². The van der Waals surface area contributed by atoms with Gasteiger partial charge in [0.2, 0.25) is 11.8 Å². The minimum absolute atomic E-state index is 0.00303. The highest BCUT2D eigenvalue weighted by Gasteiger charge is 2.32. The number of nitrogens with zero attached hydrogens (tertiary/aromatic N) is 4. The molecular weight excluding hydrogens is 320 g/mol. The van der Waals surface area contributed by atoms with E-state index in [-0.39, 0.29) is 30.4 Å². The normalized spacial score (nSPS) is 16.8. The van der Waals surface area contributed by atoms with Crippen molar-refractivity contribution in [3.63, 3.8) is 0 Å². The van der Waals surface area contributed by atoms with Crippen molar-refractivity contribution in [3.8, 4) is 0 Å². The first-order chi connectivity index (χ1) is 11.8. The Morgan fingerprint density at radius 2 is 1.92 bits per heavy atom. The van der Waals surface area contributed by atoms with Gasteiger partial charge in [0.1, 0.15) is 6.61 Å². The fraction of sp³-hybridized carbons (Fsp3) is 0.722. The maximum Gasteiger partial charge on any atom is 0.248 e. The minimum atomic E-state index is -0.0312. The summed E-state index contributed by atoms with van der Waals surface area (Å²) < 4.78 is 6.76. The van der Waals surface area contributed by atoms with E-state index in [1.807, 2.05) is 44.4 Å². The summed E-state index contributed by atoms with van der Waals surface area (Å²) in [5.41, 5.74) is 3.17. The van der Waals surface area contributed by atoms with E-state index in [0.29, 0.717) is 25.9 Å². The summed E-state index contributed by atoms with van der Waals surface area (Å²) in [4.78, 5) is 28.4. The summed E-state index contributed by atoms with van der Waals surface area (Å²) in [7, 11) is 5.31. The fourth-order valence-electron chi connectivity index (χ4n) is 3.66. The third-order valence-corrected chi connectivity index (χ3v) is 5.38. The molecule has 140 valence electrons. The maximum atomic E-state index is 12.9. The number of carbonyl (C=O) groups excluding carboxylic acids is 2. The summed E-state index contributed by atoms with van der Waals surface area (Å²) in [5.74, 6) is 0.113. The number of aryl methyl sites for hydroxylation is 2. The third-order valence-electron chi connectivity index (χ3n) is 5.38. The van der Waals surface area contributed by atoms with E-state index in [1.165, 1.54) is 7.11 Å². The van der Waals surface area contributed by atoms with Crippen LogP contribution in [0.5, 0.6) is 0 Å². The van der Waals surface area contributed by atoms with Crippen LogP contribution in [0.25, 0.3) is 0 Å². The first kappa shape index (κ1) is 19.4. The molecule has 2 heterocycles. The van der Waals surface area contributed by atoms with Gasteiger partial charge in [-0.25, -0.2) is 0 Å². The topological polar surface area (TPSA) is 67.7 Å². The second-order valence-corrected chi connectivity index (χ2v) is 6.92. The molecule has 0 unspecified atom stereocenters. The Morgan fingerprint density at radius 3 is 2.40 bits per heavy atom. The van der Waals surface area contributed by atoms with Crippen molar-refractivity contribution in [2.45, 2.75) is 39.7 Å². The average Bonchev–Trinajstić information content (AvgIpc) is 2.85. The molecule has 0 bridgehead atoms. The molecule has 0 aromatic carbocycles. The Bertz CT molecular complexity index is 633. The Morgan fingerprint density at radius 1 is 1.32 bits per heavy atom. The quantitative estimate of drug-likeness (QED) is 0.806. The molecule has 0 spiro atoms. The Balaban J connectivity index is 2.00. The van der Waals surface area contributed by atoms with Crippen molar-refractivity contribution in [1.82, 2.24) is 19.6 Å². The van der Waals surface area contributed by atoms with Crippen LogP contribution >= 0.6 is 0 Å². The summed E-state index contributed by atoms with van der Waals surface area (Å²) in [6, 6.07) is -0.0191. The first-order valence-electron chi connectivity index (χ1n) is 8.81. The predicted octanol–water partition coefficient (Wildman–Crippen LogP) is 1.44. The number of amides is 2. The molecular formula is C18H30N4O3. The molecule has 7 nitrogen and oxygen atoms in total. The fourth-order valence-corrected chi connectivity index (χ4v) is 3.66. The van der Waals surface area contributed by atoms with Crippen LogP contribution in [0.2, 0.25) is 0 Å². The lowest BCUT2D eigenvalue weighted by molar-refractivity contribution is -0.142. The molecule has 25 heavy (non-hydrogen) atoms. The van der Waals surface area contributed by atoms with Gasteiger partial charge in [-0.1, -0.05) is 0 Å². The summed E-state index contributed by atoms with van der Waals surface area (Å²) in [6.45, 7) is 7.40. The number of hydrogen-bond donors (Lipinski definition) is 0. The van der Waals surface area contributed by atoms with E-state index in [0.717, 1.165) is 17.0 Å². The van der Waals surface area contributed by atoms with E-state index in [2.05, 4.69) is 5.10 Å². The standard InChI is InChI=1S/C18H30N4O3/c1-12-17(14(3)21(5)19-12)13(2)20(4)18(24)15-7-9-22(10-8-15)16(23)11-25-6/h13,15H,7-11H2,1-6H3/t13-/m1/s1. The van der Waals surface area contributed by atoms with Crippen LogP contribution in [0.4, 0.5) is 0 Å². The largest absolute Gasteiger partial charge is 0.375 e. The van der Waals surface area contributed by atoms with E-state index < -0.39 is 0 Å². The molecule has 1 aromatic heterocycles. The zero-order valence-electron chi connectivity index (χ0n) is 16.2. The zero-order valence-corrected chi connectivity index (χ0v) is 16.2. The zero-order chi connectivity index (χ0) is 18.7. The van der Waals surface area contributed by atoms with Crippen molar-refractivity contribution in [3.05, 3.63) is 17.0 Å². The van der Waals surface area contributed by atoms with Crippen molar-refractivity contribution in [2.75, 3.05) is 33.9 Å². The van der Waals surface area contributed by atoms with Gasteiger partial charge in [0.15, 0.2) is 0 Å². The van der Waals surface area contributed by atoms with Gasteiger partial charge in [0, 0.05) is 51.5 Å². The van der Waals surface area contributed by atoms with Crippen molar-refractivity contribution in [2.24, 2.45) is 13.0 Å². The first-order valence-corrected chi connectivity index (χ1v) is 8.81. The summed E-state index contributed by atoms with van der Waals surface area (Å²) in [5, 5.41) is 4.46. The van der Waals surface area contributed by atoms with Gasteiger partial charge in [0.25, 0.3) is 0 Å². The molecule has 2 amide bonds. The Kier molecular flexibility index (Phi) is 6.21. The molecule has 7 heteroatoms. The predicted molar refractivity (Wildman–Crippen MR) is 95.0 cm³/mol. The number of rotatable bonds is 5. The number of piperidine rings is 1. The average molecular weight is 350 g/mol. The van der Waals surface area contributed by atoms with Crippen LogP contribution in [0, 0.1) is 19.8 Å². The molecule has 1 aliphatic rings. The highest BCUT2D eigenvalue weighted by Crippen LogP contribution is 2.28. The lowest BCUT2D eigenvalue weighted by Crippen LogP contribution is -2.45. The smallest absolute Gasteiger partial charge is 0.248 e. The number of ether oxygens (including phenoxy) is 1. The van der Waals surface area contributed by atoms with Crippen LogP contribution < -0.4 is 0 Å². The maximum absolute atomic E-state index is 12.9. The molecule has 1 aromatic rings. The van der Waals surface area contributed by atoms with Crippen molar-refractivity contribution in [1.29, 1.82) is 0 Å². The van der Waals surface area contributed by atoms with E-state index in [9.17, 15) is 9.59 Å². The molecule has 0 N–H and O–H groups in total. The lowest BCUT2D eigenvalue weighted by Gasteiger charge is -2.35. The molecule has 1 saturated heterocycles. The molecule has 0 aliphatic carbocycles. The van der Waals surface area contributed by atoms with Crippen molar-refractivity contribution < 1.29 is 14.3 Å². The van der Waals surface area contributed by atoms with Crippen LogP contribution in [0.15, 0.2) is 0 Å². The Hall–Kier alpha value is -1.89. The van der Waals surface area contributed by atoms with Crippen LogP contribution in [0.1, 0.15) is 42.8 Å². The second-order valence-electron chi connectivity index (χ2n) is 6.92. The monoisotopic (exact) mass is 350 g/mol. The number of likely N-dealkylation sites (tertiary alicyclic amines) is 1. The van der Waals surface area contributed by atoms with Gasteiger partial charge < -0.3 is 14.5 Å². The number of hydrogen-bond acceptors (Lipinski definition) is 4. The van der Waals surface area contributed by atoms with Crippen LogP contribution in [0.3, 0.4) is 0 Å². The minimum Gasteiger partial charge on any atom is -0.375 e. The molecule has 1 fully saturated rings. The summed E-state index contributed by atoms with van der Waals surface area (Å²) >= 11 is 0. The highest BCUT2D eigenvalue weighted by atomic mass is 16.5. The van der Waals surface area contributed by atoms with Gasteiger partial charge in [-0.3, -0.25) is 14.3 Å². The van der Waals surface area contributed by atoms with Gasteiger partial charge >= 0.3 is 0 Å². The van der Waals surface area contributed by atoms with Crippen LogP contribution in [-0.4, -0.2) is 65.2 Å². The van der Waals surface area contributed by atoms with E-state index in [1.54, 1.807) is 4.90 Å². The molecule has 0 radical (unpaired) electrons. The summed E-state index contributed by atoms with van der Waals surface area (Å²) in [6.07, 6.45) is 1.41. The molecule has 1 aliphatic heterocycles. The number of methoxy groups -OCH3 is 1. The SMILES string of the molecule is COCC(=O)N1CCC(C(=O)N(C)[C@H](C)c2c(C)nn(C)c2C)CC1. The van der Waals surface area contributed by atoms with E-state index >= 15 is 0 Å². The van der Waals surface area contributed by atoms with Crippen LogP contribution in [-0.2, 0) is 21.4 Å². The van der Waals surface area contributed by atoms with Gasteiger partial charge in [-0.15, -0.1) is 0 Å². The molecule has 0 saturated carbocycles. The number of aromatic nitrogens is 2. The second kappa shape index (κ2) is 7.99. The van der Waals surface area contributed by atoms with Gasteiger partial charge in [0.05, 0.1) is 11.7 Å². The highest BCUT2D eigenvalue weighted by molar-refractivity contribution is 5.80. The van der Waals surface area contributed by atoms with Crippen molar-refractivity contribution >= 4 is 11.8 Å². The van der Waals surface area contributed by atoms with E-state index in [4.69, 9.17) is 4.74 Å². The third kappa shape index (κ3) is 4.03. The van der Waals surface area contributed by atoms with Gasteiger partial charge in [-0.05, 0) is 33.6 Å². The molecule has 2 rings (SSSR count).